The van der Waals surface area contributed by atoms with Crippen molar-refractivity contribution < 1.29 is 9.13 Å². The Balaban J connectivity index is 1.44. The minimum Gasteiger partial charge on any atom is -0.379 e. The summed E-state index contributed by atoms with van der Waals surface area (Å²) in [4.78, 5) is 17.1. The molecule has 8 heteroatoms. The highest BCUT2D eigenvalue weighted by atomic mass is 32.1. The summed E-state index contributed by atoms with van der Waals surface area (Å²) in [6, 6.07) is 7.00. The fourth-order valence-electron chi connectivity index (χ4n) is 4.86. The Morgan fingerprint density at radius 3 is 2.52 bits per heavy atom. The summed E-state index contributed by atoms with van der Waals surface area (Å²) in [6.45, 7) is 11.2. The van der Waals surface area contributed by atoms with Gasteiger partial charge in [-0.25, -0.2) is 14.4 Å². The molecular formula is C25H32FN5OS. The van der Waals surface area contributed by atoms with Crippen LogP contribution in [0.25, 0.3) is 10.2 Å². The molecule has 4 heterocycles. The van der Waals surface area contributed by atoms with Crippen LogP contribution in [-0.2, 0) is 11.3 Å². The zero-order valence-electron chi connectivity index (χ0n) is 19.4. The third kappa shape index (κ3) is 5.04. The summed E-state index contributed by atoms with van der Waals surface area (Å²) in [7, 11) is 0. The second-order valence-electron chi connectivity index (χ2n) is 9.03. The number of rotatable bonds is 7. The first-order valence-corrected chi connectivity index (χ1v) is 12.7. The van der Waals surface area contributed by atoms with Crippen LogP contribution in [0.4, 0.5) is 10.2 Å². The Labute approximate surface area is 198 Å². The van der Waals surface area contributed by atoms with E-state index < -0.39 is 0 Å². The van der Waals surface area contributed by atoms with Gasteiger partial charge in [0.05, 0.1) is 31.2 Å². The zero-order chi connectivity index (χ0) is 22.8. The minimum atomic E-state index is -0.208. The van der Waals surface area contributed by atoms with Gasteiger partial charge in [-0.15, -0.1) is 11.3 Å². The molecule has 0 radical (unpaired) electrons. The fourth-order valence-corrected chi connectivity index (χ4v) is 5.91. The maximum absolute atomic E-state index is 13.6. The number of nitrogens with zero attached hydrogens (tertiary/aromatic N) is 4. The number of benzene rings is 1. The van der Waals surface area contributed by atoms with Crippen molar-refractivity contribution in [1.29, 1.82) is 0 Å². The van der Waals surface area contributed by atoms with E-state index in [0.717, 1.165) is 73.4 Å². The van der Waals surface area contributed by atoms with Crippen molar-refractivity contribution in [3.63, 3.8) is 0 Å². The van der Waals surface area contributed by atoms with E-state index in [-0.39, 0.29) is 11.9 Å². The van der Waals surface area contributed by atoms with Crippen LogP contribution in [0.15, 0.2) is 24.3 Å². The standard InChI is InChI=1S/C25H32FN5OS/c1-17-18(2)33-25-23(17)24(28-22(29-25)16-30-9-3-4-10-30)27-15-21(31-11-13-32-14-12-31)19-5-7-20(26)8-6-19/h5-8,21H,3-4,9-16H2,1-2H3,(H,27,28,29)/t21-/m1/s1. The Bertz CT molecular complexity index is 1090. The minimum absolute atomic E-state index is 0.113. The molecule has 1 N–H and O–H groups in total. The molecule has 0 aliphatic carbocycles. The fraction of sp³-hybridized carbons (Fsp3) is 0.520. The van der Waals surface area contributed by atoms with Crippen molar-refractivity contribution in [2.24, 2.45) is 0 Å². The Morgan fingerprint density at radius 1 is 1.06 bits per heavy atom. The molecule has 176 valence electrons. The number of aryl methyl sites for hydroxylation is 2. The molecule has 2 saturated heterocycles. The molecular weight excluding hydrogens is 437 g/mol. The predicted octanol–water partition coefficient (Wildman–Crippen LogP) is 4.53. The molecule has 2 aromatic heterocycles. The van der Waals surface area contributed by atoms with Crippen LogP contribution in [0.3, 0.4) is 0 Å². The van der Waals surface area contributed by atoms with Gasteiger partial charge in [0.15, 0.2) is 0 Å². The van der Waals surface area contributed by atoms with Gasteiger partial charge in [0.2, 0.25) is 0 Å². The molecule has 1 atom stereocenters. The Morgan fingerprint density at radius 2 is 1.79 bits per heavy atom. The highest BCUT2D eigenvalue weighted by molar-refractivity contribution is 7.18. The topological polar surface area (TPSA) is 53.5 Å². The van der Waals surface area contributed by atoms with Crippen LogP contribution >= 0.6 is 11.3 Å². The first-order valence-electron chi connectivity index (χ1n) is 11.9. The molecule has 5 rings (SSSR count). The van der Waals surface area contributed by atoms with Crippen molar-refractivity contribution in [3.05, 3.63) is 51.9 Å². The number of fused-ring (bicyclic) bond motifs is 1. The van der Waals surface area contributed by atoms with Crippen molar-refractivity contribution in [1.82, 2.24) is 19.8 Å². The van der Waals surface area contributed by atoms with Crippen LogP contribution in [0.1, 0.15) is 40.7 Å². The number of morpholine rings is 1. The first kappa shape index (κ1) is 22.7. The van der Waals surface area contributed by atoms with Crippen molar-refractivity contribution in [2.75, 3.05) is 51.3 Å². The van der Waals surface area contributed by atoms with Crippen LogP contribution in [0.2, 0.25) is 0 Å². The number of ether oxygens (including phenoxy) is 1. The van der Waals surface area contributed by atoms with Gasteiger partial charge in [-0.05, 0) is 63.0 Å². The number of anilines is 1. The highest BCUT2D eigenvalue weighted by Gasteiger charge is 2.24. The van der Waals surface area contributed by atoms with Crippen LogP contribution in [-0.4, -0.2) is 65.7 Å². The first-order chi connectivity index (χ1) is 16.1. The van der Waals surface area contributed by atoms with E-state index in [2.05, 4.69) is 29.0 Å². The van der Waals surface area contributed by atoms with Crippen LogP contribution in [0.5, 0.6) is 0 Å². The smallest absolute Gasteiger partial charge is 0.146 e. The van der Waals surface area contributed by atoms with Crippen LogP contribution < -0.4 is 5.32 Å². The number of thiophene rings is 1. The molecule has 0 saturated carbocycles. The molecule has 2 fully saturated rings. The average Bonchev–Trinajstić information content (AvgIpc) is 3.43. The maximum atomic E-state index is 13.6. The van der Waals surface area contributed by atoms with Gasteiger partial charge in [-0.3, -0.25) is 9.80 Å². The summed E-state index contributed by atoms with van der Waals surface area (Å²) in [5.41, 5.74) is 2.35. The Hall–Kier alpha value is -2.13. The number of halogens is 1. The monoisotopic (exact) mass is 469 g/mol. The number of likely N-dealkylation sites (tertiary alicyclic amines) is 1. The molecule has 0 unspecified atom stereocenters. The molecule has 0 amide bonds. The lowest BCUT2D eigenvalue weighted by Crippen LogP contribution is -2.41. The normalized spacial score (nSPS) is 18.8. The average molecular weight is 470 g/mol. The van der Waals surface area contributed by atoms with Gasteiger partial charge in [0, 0.05) is 24.5 Å². The second-order valence-corrected chi connectivity index (χ2v) is 10.2. The van der Waals surface area contributed by atoms with E-state index in [0.29, 0.717) is 6.54 Å². The summed E-state index contributed by atoms with van der Waals surface area (Å²) >= 11 is 1.75. The quantitative estimate of drug-likeness (QED) is 0.549. The Kier molecular flexibility index (Phi) is 6.87. The van der Waals surface area contributed by atoms with Gasteiger partial charge in [-0.2, -0.15) is 0 Å². The van der Waals surface area contributed by atoms with Crippen molar-refractivity contribution in [2.45, 2.75) is 39.3 Å². The van der Waals surface area contributed by atoms with Crippen molar-refractivity contribution in [3.8, 4) is 0 Å². The second kappa shape index (κ2) is 10.0. The number of aromatic nitrogens is 2. The third-order valence-electron chi connectivity index (χ3n) is 6.84. The zero-order valence-corrected chi connectivity index (χ0v) is 20.3. The molecule has 0 spiro atoms. The maximum Gasteiger partial charge on any atom is 0.146 e. The summed E-state index contributed by atoms with van der Waals surface area (Å²) in [5.74, 6) is 1.59. The van der Waals surface area contributed by atoms with E-state index >= 15 is 0 Å². The molecule has 33 heavy (non-hydrogen) atoms. The molecule has 1 aromatic carbocycles. The lowest BCUT2D eigenvalue weighted by Gasteiger charge is -2.35. The van der Waals surface area contributed by atoms with Crippen LogP contribution in [0, 0.1) is 19.7 Å². The van der Waals surface area contributed by atoms with Gasteiger partial charge >= 0.3 is 0 Å². The number of hydrogen-bond acceptors (Lipinski definition) is 7. The lowest BCUT2D eigenvalue weighted by molar-refractivity contribution is 0.0187. The molecule has 2 aliphatic rings. The van der Waals surface area contributed by atoms with Crippen molar-refractivity contribution >= 4 is 27.4 Å². The van der Waals surface area contributed by atoms with Gasteiger partial charge in [-0.1, -0.05) is 12.1 Å². The van der Waals surface area contributed by atoms with Gasteiger partial charge in [0.1, 0.15) is 22.3 Å². The van der Waals surface area contributed by atoms with E-state index in [1.165, 1.54) is 23.3 Å². The highest BCUT2D eigenvalue weighted by Crippen LogP contribution is 2.34. The molecule has 0 bridgehead atoms. The number of hydrogen-bond donors (Lipinski definition) is 1. The van der Waals surface area contributed by atoms with E-state index in [9.17, 15) is 4.39 Å². The van der Waals surface area contributed by atoms with E-state index in [1.807, 2.05) is 12.1 Å². The SMILES string of the molecule is Cc1sc2nc(CN3CCCC3)nc(NC[C@H](c3ccc(F)cc3)N3CCOCC3)c2c1C. The van der Waals surface area contributed by atoms with E-state index in [1.54, 1.807) is 23.5 Å². The predicted molar refractivity (Wildman–Crippen MR) is 131 cm³/mol. The largest absolute Gasteiger partial charge is 0.379 e. The lowest BCUT2D eigenvalue weighted by atomic mass is 10.0. The molecule has 3 aromatic rings. The van der Waals surface area contributed by atoms with Gasteiger partial charge in [0.25, 0.3) is 0 Å². The number of nitrogens with one attached hydrogen (secondary N) is 1. The third-order valence-corrected chi connectivity index (χ3v) is 7.94. The van der Waals surface area contributed by atoms with E-state index in [4.69, 9.17) is 14.7 Å². The molecule has 2 aliphatic heterocycles. The van der Waals surface area contributed by atoms with Gasteiger partial charge < -0.3 is 10.1 Å². The summed E-state index contributed by atoms with van der Waals surface area (Å²) < 4.78 is 19.2. The summed E-state index contributed by atoms with van der Waals surface area (Å²) in [6.07, 6.45) is 2.51. The summed E-state index contributed by atoms with van der Waals surface area (Å²) in [5, 5.41) is 4.81. The molecule has 6 nitrogen and oxygen atoms in total.